The summed E-state index contributed by atoms with van der Waals surface area (Å²) in [6, 6.07) is 0. The van der Waals surface area contributed by atoms with Gasteiger partial charge in [-0.05, 0) is 19.3 Å². The number of aldehydes is 1. The monoisotopic (exact) mass is 223 g/mol. The first kappa shape index (κ1) is 12.6. The molecular weight excluding hydrogens is 206 g/mol. The van der Waals surface area contributed by atoms with Crippen molar-refractivity contribution in [1.82, 2.24) is 4.90 Å². The van der Waals surface area contributed by atoms with Crippen LogP contribution >= 0.6 is 0 Å². The van der Waals surface area contributed by atoms with Gasteiger partial charge in [-0.3, -0.25) is 14.5 Å². The molecule has 0 aromatic heterocycles. The Morgan fingerprint density at radius 1 is 1.25 bits per heavy atom. The van der Waals surface area contributed by atoms with Crippen molar-refractivity contribution in [2.24, 2.45) is 5.92 Å². The van der Waals surface area contributed by atoms with Crippen LogP contribution in [-0.2, 0) is 14.4 Å². The van der Waals surface area contributed by atoms with Crippen LogP contribution in [-0.4, -0.2) is 29.5 Å². The SMILES string of the molecule is CCC(C=O)CCCCN1C(=O)C=CC1=O. The molecule has 0 aliphatic carbocycles. The van der Waals surface area contributed by atoms with E-state index in [1.165, 1.54) is 17.1 Å². The maximum Gasteiger partial charge on any atom is 0.253 e. The van der Waals surface area contributed by atoms with Crippen LogP contribution in [0, 0.1) is 5.92 Å². The van der Waals surface area contributed by atoms with Gasteiger partial charge in [0.25, 0.3) is 11.8 Å². The Morgan fingerprint density at radius 3 is 2.38 bits per heavy atom. The second-order valence-electron chi connectivity index (χ2n) is 3.96. The lowest BCUT2D eigenvalue weighted by Gasteiger charge is -2.13. The molecule has 16 heavy (non-hydrogen) atoms. The summed E-state index contributed by atoms with van der Waals surface area (Å²) in [6.45, 7) is 2.44. The van der Waals surface area contributed by atoms with E-state index in [4.69, 9.17) is 0 Å². The molecule has 0 aromatic carbocycles. The number of nitrogens with zero attached hydrogens (tertiary/aromatic N) is 1. The summed E-state index contributed by atoms with van der Waals surface area (Å²) >= 11 is 0. The molecule has 1 aliphatic heterocycles. The molecule has 0 saturated carbocycles. The molecule has 4 heteroatoms. The van der Waals surface area contributed by atoms with Gasteiger partial charge < -0.3 is 4.79 Å². The largest absolute Gasteiger partial charge is 0.303 e. The summed E-state index contributed by atoms with van der Waals surface area (Å²) in [5, 5.41) is 0. The first-order chi connectivity index (χ1) is 7.69. The molecule has 4 nitrogen and oxygen atoms in total. The van der Waals surface area contributed by atoms with Gasteiger partial charge in [0.05, 0.1) is 0 Å². The van der Waals surface area contributed by atoms with Crippen molar-refractivity contribution < 1.29 is 14.4 Å². The van der Waals surface area contributed by atoms with Crippen molar-refractivity contribution in [2.75, 3.05) is 6.54 Å². The number of imide groups is 1. The number of unbranched alkanes of at least 4 members (excludes halogenated alkanes) is 1. The number of amides is 2. The zero-order chi connectivity index (χ0) is 12.0. The molecule has 1 rings (SSSR count). The summed E-state index contributed by atoms with van der Waals surface area (Å²) < 4.78 is 0. The molecule has 1 aliphatic rings. The standard InChI is InChI=1S/C12H17NO3/c1-2-10(9-14)5-3-4-8-13-11(15)6-7-12(13)16/h6-7,9-10H,2-5,8H2,1H3. The first-order valence-corrected chi connectivity index (χ1v) is 5.68. The molecule has 0 N–H and O–H groups in total. The molecular formula is C12H17NO3. The number of hydrogen-bond acceptors (Lipinski definition) is 3. The zero-order valence-electron chi connectivity index (χ0n) is 9.52. The summed E-state index contributed by atoms with van der Waals surface area (Å²) in [6.07, 6.45) is 6.90. The Bertz CT molecular complexity index is 291. The van der Waals surface area contributed by atoms with E-state index in [0.29, 0.717) is 6.54 Å². The molecule has 0 aromatic rings. The lowest BCUT2D eigenvalue weighted by atomic mass is 10.0. The Hall–Kier alpha value is -1.45. The topological polar surface area (TPSA) is 54.5 Å². The number of carbonyl (C=O) groups is 3. The summed E-state index contributed by atoms with van der Waals surface area (Å²) in [5.74, 6) is -0.344. The molecule has 1 heterocycles. The molecule has 0 spiro atoms. The molecule has 0 fully saturated rings. The van der Waals surface area contributed by atoms with Crippen molar-refractivity contribution >= 4 is 18.1 Å². The lowest BCUT2D eigenvalue weighted by Crippen LogP contribution is -2.30. The number of hydrogen-bond donors (Lipinski definition) is 0. The number of rotatable bonds is 7. The maximum atomic E-state index is 11.2. The average Bonchev–Trinajstić information content (AvgIpc) is 2.60. The smallest absolute Gasteiger partial charge is 0.253 e. The minimum Gasteiger partial charge on any atom is -0.303 e. The molecule has 88 valence electrons. The normalized spacial score (nSPS) is 16.9. The second kappa shape index (κ2) is 6.20. The van der Waals surface area contributed by atoms with Gasteiger partial charge in [0.15, 0.2) is 0 Å². The fourth-order valence-corrected chi connectivity index (χ4v) is 1.70. The highest BCUT2D eigenvalue weighted by Gasteiger charge is 2.22. The van der Waals surface area contributed by atoms with Crippen molar-refractivity contribution in [3.63, 3.8) is 0 Å². The fourth-order valence-electron chi connectivity index (χ4n) is 1.70. The quantitative estimate of drug-likeness (QED) is 0.371. The predicted octanol–water partition coefficient (Wildman–Crippen LogP) is 1.31. The van der Waals surface area contributed by atoms with Crippen LogP contribution in [0.2, 0.25) is 0 Å². The van der Waals surface area contributed by atoms with Gasteiger partial charge in [-0.15, -0.1) is 0 Å². The lowest BCUT2D eigenvalue weighted by molar-refractivity contribution is -0.136. The third-order valence-corrected chi connectivity index (χ3v) is 2.82. The molecule has 1 atom stereocenters. The Balaban J connectivity index is 2.19. The van der Waals surface area contributed by atoms with E-state index in [2.05, 4.69) is 0 Å². The minimum absolute atomic E-state index is 0.114. The van der Waals surface area contributed by atoms with E-state index in [1.807, 2.05) is 6.92 Å². The molecule has 0 radical (unpaired) electrons. The highest BCUT2D eigenvalue weighted by molar-refractivity contribution is 6.12. The van der Waals surface area contributed by atoms with E-state index in [-0.39, 0.29) is 17.7 Å². The van der Waals surface area contributed by atoms with Crippen molar-refractivity contribution in [3.8, 4) is 0 Å². The van der Waals surface area contributed by atoms with Crippen LogP contribution in [0.15, 0.2) is 12.2 Å². The van der Waals surface area contributed by atoms with Crippen LogP contribution in [0.25, 0.3) is 0 Å². The fraction of sp³-hybridized carbons (Fsp3) is 0.583. The van der Waals surface area contributed by atoms with E-state index in [1.54, 1.807) is 0 Å². The summed E-state index contributed by atoms with van der Waals surface area (Å²) in [7, 11) is 0. The molecule has 0 saturated heterocycles. The third kappa shape index (κ3) is 3.29. The van der Waals surface area contributed by atoms with Gasteiger partial charge in [0.1, 0.15) is 6.29 Å². The Kier molecular flexibility index (Phi) is 4.89. The van der Waals surface area contributed by atoms with Crippen molar-refractivity contribution in [2.45, 2.75) is 32.6 Å². The van der Waals surface area contributed by atoms with Crippen LogP contribution in [0.5, 0.6) is 0 Å². The van der Waals surface area contributed by atoms with Gasteiger partial charge in [-0.25, -0.2) is 0 Å². The van der Waals surface area contributed by atoms with E-state index in [9.17, 15) is 14.4 Å². The van der Waals surface area contributed by atoms with Gasteiger partial charge in [-0.1, -0.05) is 13.3 Å². The van der Waals surface area contributed by atoms with Crippen LogP contribution < -0.4 is 0 Å². The van der Waals surface area contributed by atoms with Gasteiger partial charge >= 0.3 is 0 Å². The average molecular weight is 223 g/mol. The second-order valence-corrected chi connectivity index (χ2v) is 3.96. The molecule has 2 amide bonds. The van der Waals surface area contributed by atoms with Crippen LogP contribution in [0.4, 0.5) is 0 Å². The minimum atomic E-state index is -0.229. The van der Waals surface area contributed by atoms with Gasteiger partial charge in [0, 0.05) is 24.6 Å². The van der Waals surface area contributed by atoms with Crippen LogP contribution in [0.1, 0.15) is 32.6 Å². The predicted molar refractivity (Wildman–Crippen MR) is 59.6 cm³/mol. The van der Waals surface area contributed by atoms with E-state index >= 15 is 0 Å². The van der Waals surface area contributed by atoms with Crippen molar-refractivity contribution in [3.05, 3.63) is 12.2 Å². The first-order valence-electron chi connectivity index (χ1n) is 5.68. The van der Waals surface area contributed by atoms with Crippen molar-refractivity contribution in [1.29, 1.82) is 0 Å². The highest BCUT2D eigenvalue weighted by atomic mass is 16.2. The third-order valence-electron chi connectivity index (χ3n) is 2.82. The zero-order valence-corrected chi connectivity index (χ0v) is 9.52. The highest BCUT2D eigenvalue weighted by Crippen LogP contribution is 2.11. The van der Waals surface area contributed by atoms with Crippen LogP contribution in [0.3, 0.4) is 0 Å². The molecule has 0 bridgehead atoms. The Labute approximate surface area is 95.3 Å². The van der Waals surface area contributed by atoms with Gasteiger partial charge in [0.2, 0.25) is 0 Å². The Morgan fingerprint density at radius 2 is 1.88 bits per heavy atom. The number of carbonyl (C=O) groups excluding carboxylic acids is 3. The van der Waals surface area contributed by atoms with E-state index in [0.717, 1.165) is 32.0 Å². The van der Waals surface area contributed by atoms with E-state index < -0.39 is 0 Å². The summed E-state index contributed by atoms with van der Waals surface area (Å²) in [4.78, 5) is 34.2. The molecule has 1 unspecified atom stereocenters. The van der Waals surface area contributed by atoms with Gasteiger partial charge in [-0.2, -0.15) is 0 Å². The summed E-state index contributed by atoms with van der Waals surface area (Å²) in [5.41, 5.74) is 0. The maximum absolute atomic E-state index is 11.2.